The summed E-state index contributed by atoms with van der Waals surface area (Å²) in [4.78, 5) is 11.6. The van der Waals surface area contributed by atoms with Gasteiger partial charge < -0.3 is 15.4 Å². The second-order valence-electron chi connectivity index (χ2n) is 4.62. The van der Waals surface area contributed by atoms with Crippen LogP contribution < -0.4 is 15.4 Å². The molecule has 0 saturated heterocycles. The topological polar surface area (TPSA) is 50.4 Å². The first-order chi connectivity index (χ1) is 8.69. The van der Waals surface area contributed by atoms with Crippen molar-refractivity contribution in [3.05, 3.63) is 29.8 Å². The van der Waals surface area contributed by atoms with Crippen molar-refractivity contribution in [2.75, 3.05) is 6.61 Å². The van der Waals surface area contributed by atoms with Crippen LogP contribution in [0.2, 0.25) is 0 Å². The highest BCUT2D eigenvalue weighted by Gasteiger charge is 2.23. The first kappa shape index (κ1) is 12.7. The van der Waals surface area contributed by atoms with Gasteiger partial charge in [-0.3, -0.25) is 0 Å². The standard InChI is InChI=1S/C14H20N2O2/c1-3-18-13-6-4-5-11(9-13)10(2)15-14(17)16-12-7-8-12/h4-6,9-10,12H,3,7-8H2,1-2H3,(H2,15,16,17)/t10-/m1/s1. The zero-order valence-electron chi connectivity index (χ0n) is 10.9. The van der Waals surface area contributed by atoms with Crippen molar-refractivity contribution >= 4 is 6.03 Å². The van der Waals surface area contributed by atoms with Crippen LogP contribution in [0.15, 0.2) is 24.3 Å². The van der Waals surface area contributed by atoms with Gasteiger partial charge in [-0.15, -0.1) is 0 Å². The largest absolute Gasteiger partial charge is 0.494 e. The van der Waals surface area contributed by atoms with E-state index in [0.717, 1.165) is 24.2 Å². The van der Waals surface area contributed by atoms with E-state index in [-0.39, 0.29) is 12.1 Å². The van der Waals surface area contributed by atoms with Crippen LogP contribution in [0.1, 0.15) is 38.3 Å². The zero-order valence-corrected chi connectivity index (χ0v) is 10.9. The van der Waals surface area contributed by atoms with Gasteiger partial charge in [0.2, 0.25) is 0 Å². The predicted molar refractivity (Wildman–Crippen MR) is 70.7 cm³/mol. The number of benzene rings is 1. The molecule has 4 heteroatoms. The maximum absolute atomic E-state index is 11.6. The Morgan fingerprint density at radius 2 is 2.28 bits per heavy atom. The Labute approximate surface area is 108 Å². The minimum atomic E-state index is -0.0909. The number of carbonyl (C=O) groups is 1. The smallest absolute Gasteiger partial charge is 0.315 e. The van der Waals surface area contributed by atoms with Crippen LogP contribution in [0.3, 0.4) is 0 Å². The molecule has 0 aliphatic heterocycles. The van der Waals surface area contributed by atoms with Crippen molar-refractivity contribution in [3.63, 3.8) is 0 Å². The van der Waals surface area contributed by atoms with Crippen molar-refractivity contribution < 1.29 is 9.53 Å². The third kappa shape index (κ3) is 3.65. The fourth-order valence-corrected chi connectivity index (χ4v) is 1.78. The normalized spacial score (nSPS) is 15.9. The summed E-state index contributed by atoms with van der Waals surface area (Å²) in [5.74, 6) is 0.839. The number of hydrogen-bond donors (Lipinski definition) is 2. The minimum Gasteiger partial charge on any atom is -0.494 e. The molecular weight excluding hydrogens is 228 g/mol. The fourth-order valence-electron chi connectivity index (χ4n) is 1.78. The molecule has 1 aromatic rings. The molecule has 1 aromatic carbocycles. The summed E-state index contributed by atoms with van der Waals surface area (Å²) >= 11 is 0. The van der Waals surface area contributed by atoms with E-state index in [4.69, 9.17) is 4.74 Å². The lowest BCUT2D eigenvalue weighted by atomic mass is 10.1. The van der Waals surface area contributed by atoms with Crippen LogP contribution in [0, 0.1) is 0 Å². The second-order valence-corrected chi connectivity index (χ2v) is 4.62. The molecule has 18 heavy (non-hydrogen) atoms. The maximum Gasteiger partial charge on any atom is 0.315 e. The summed E-state index contributed by atoms with van der Waals surface area (Å²) in [6.45, 7) is 4.57. The van der Waals surface area contributed by atoms with Crippen LogP contribution in [-0.2, 0) is 0 Å². The third-order valence-corrected chi connectivity index (χ3v) is 2.93. The Balaban J connectivity index is 1.91. The Morgan fingerprint density at radius 3 is 2.94 bits per heavy atom. The monoisotopic (exact) mass is 248 g/mol. The van der Waals surface area contributed by atoms with E-state index in [2.05, 4.69) is 10.6 Å². The molecule has 0 spiro atoms. The number of amides is 2. The minimum absolute atomic E-state index is 0.0239. The van der Waals surface area contributed by atoms with Gasteiger partial charge in [-0.25, -0.2) is 4.79 Å². The van der Waals surface area contributed by atoms with Gasteiger partial charge in [0, 0.05) is 6.04 Å². The summed E-state index contributed by atoms with van der Waals surface area (Å²) in [5, 5.41) is 5.84. The van der Waals surface area contributed by atoms with E-state index in [9.17, 15) is 4.79 Å². The molecule has 98 valence electrons. The number of carbonyl (C=O) groups excluding carboxylic acids is 1. The first-order valence-electron chi connectivity index (χ1n) is 6.49. The molecule has 2 amide bonds. The van der Waals surface area contributed by atoms with Crippen LogP contribution in [0.25, 0.3) is 0 Å². The predicted octanol–water partition coefficient (Wildman–Crippen LogP) is 2.61. The van der Waals surface area contributed by atoms with Gasteiger partial charge in [0.1, 0.15) is 5.75 Å². The zero-order chi connectivity index (χ0) is 13.0. The highest BCUT2D eigenvalue weighted by molar-refractivity contribution is 5.75. The van der Waals surface area contributed by atoms with Gasteiger partial charge in [-0.05, 0) is 44.4 Å². The Morgan fingerprint density at radius 1 is 1.50 bits per heavy atom. The average molecular weight is 248 g/mol. The molecule has 0 heterocycles. The third-order valence-electron chi connectivity index (χ3n) is 2.93. The lowest BCUT2D eigenvalue weighted by molar-refractivity contribution is 0.237. The number of urea groups is 1. The van der Waals surface area contributed by atoms with Gasteiger partial charge in [-0.2, -0.15) is 0 Å². The lowest BCUT2D eigenvalue weighted by Crippen LogP contribution is -2.38. The lowest BCUT2D eigenvalue weighted by Gasteiger charge is -2.15. The second kappa shape index (κ2) is 5.76. The number of hydrogen-bond acceptors (Lipinski definition) is 2. The Hall–Kier alpha value is -1.71. The van der Waals surface area contributed by atoms with E-state index in [1.165, 1.54) is 0 Å². The van der Waals surface area contributed by atoms with Crippen LogP contribution in [0.5, 0.6) is 5.75 Å². The molecule has 2 rings (SSSR count). The molecule has 1 aliphatic carbocycles. The molecule has 2 N–H and O–H groups in total. The Bertz CT molecular complexity index is 416. The maximum atomic E-state index is 11.6. The fraction of sp³-hybridized carbons (Fsp3) is 0.500. The average Bonchev–Trinajstić information content (AvgIpc) is 3.13. The summed E-state index contributed by atoms with van der Waals surface area (Å²) in [6, 6.07) is 8.08. The molecule has 1 saturated carbocycles. The quantitative estimate of drug-likeness (QED) is 0.841. The molecule has 0 bridgehead atoms. The van der Waals surface area contributed by atoms with E-state index in [1.807, 2.05) is 38.1 Å². The van der Waals surface area contributed by atoms with E-state index in [0.29, 0.717) is 12.6 Å². The number of ether oxygens (including phenoxy) is 1. The summed E-state index contributed by atoms with van der Waals surface area (Å²) in [5.41, 5.74) is 1.05. The van der Waals surface area contributed by atoms with Crippen LogP contribution in [-0.4, -0.2) is 18.7 Å². The summed E-state index contributed by atoms with van der Waals surface area (Å²) in [7, 11) is 0. The van der Waals surface area contributed by atoms with E-state index >= 15 is 0 Å². The Kier molecular flexibility index (Phi) is 4.07. The van der Waals surface area contributed by atoms with Gasteiger partial charge in [-0.1, -0.05) is 12.1 Å². The molecule has 4 nitrogen and oxygen atoms in total. The van der Waals surface area contributed by atoms with Gasteiger partial charge in [0.05, 0.1) is 12.6 Å². The number of rotatable bonds is 5. The highest BCUT2D eigenvalue weighted by Crippen LogP contribution is 2.20. The van der Waals surface area contributed by atoms with E-state index < -0.39 is 0 Å². The summed E-state index contributed by atoms with van der Waals surface area (Å²) < 4.78 is 5.45. The highest BCUT2D eigenvalue weighted by atomic mass is 16.5. The van der Waals surface area contributed by atoms with Crippen molar-refractivity contribution in [1.29, 1.82) is 0 Å². The van der Waals surface area contributed by atoms with Gasteiger partial charge in [0.15, 0.2) is 0 Å². The van der Waals surface area contributed by atoms with Crippen molar-refractivity contribution in [2.45, 2.75) is 38.8 Å². The van der Waals surface area contributed by atoms with Gasteiger partial charge in [0.25, 0.3) is 0 Å². The van der Waals surface area contributed by atoms with Crippen molar-refractivity contribution in [1.82, 2.24) is 10.6 Å². The summed E-state index contributed by atoms with van der Waals surface area (Å²) in [6.07, 6.45) is 2.20. The van der Waals surface area contributed by atoms with Crippen LogP contribution >= 0.6 is 0 Å². The molecular formula is C14H20N2O2. The molecule has 1 fully saturated rings. The SMILES string of the molecule is CCOc1cccc([C@@H](C)NC(=O)NC2CC2)c1. The first-order valence-corrected chi connectivity index (χ1v) is 6.49. The van der Waals surface area contributed by atoms with Gasteiger partial charge >= 0.3 is 6.03 Å². The van der Waals surface area contributed by atoms with Crippen molar-refractivity contribution in [2.24, 2.45) is 0 Å². The molecule has 0 aromatic heterocycles. The van der Waals surface area contributed by atoms with E-state index in [1.54, 1.807) is 0 Å². The number of nitrogens with one attached hydrogen (secondary N) is 2. The molecule has 1 atom stereocenters. The molecule has 1 aliphatic rings. The van der Waals surface area contributed by atoms with Crippen molar-refractivity contribution in [3.8, 4) is 5.75 Å². The molecule has 0 unspecified atom stereocenters. The van der Waals surface area contributed by atoms with Crippen LogP contribution in [0.4, 0.5) is 4.79 Å². The molecule has 0 radical (unpaired) electrons.